The van der Waals surface area contributed by atoms with Crippen LogP contribution in [0.5, 0.6) is 0 Å². The van der Waals surface area contributed by atoms with Crippen LogP contribution in [0.3, 0.4) is 0 Å². The molecule has 0 atom stereocenters. The van der Waals surface area contributed by atoms with Gasteiger partial charge in [-0.1, -0.05) is 28.9 Å². The zero-order valence-corrected chi connectivity index (χ0v) is 13.9. The van der Waals surface area contributed by atoms with Crippen LogP contribution in [0.1, 0.15) is 11.4 Å². The van der Waals surface area contributed by atoms with Gasteiger partial charge in [0, 0.05) is 35.6 Å². The number of hydrogen-bond donors (Lipinski definition) is 0. The van der Waals surface area contributed by atoms with Gasteiger partial charge in [-0.2, -0.15) is 4.98 Å². The molecular weight excluding hydrogens is 336 g/mol. The van der Waals surface area contributed by atoms with Crippen LogP contribution in [0, 0.1) is 0 Å². The van der Waals surface area contributed by atoms with Crippen molar-refractivity contribution in [2.24, 2.45) is 0 Å². The van der Waals surface area contributed by atoms with E-state index in [2.05, 4.69) is 20.1 Å². The van der Waals surface area contributed by atoms with Gasteiger partial charge in [0.1, 0.15) is 0 Å². The lowest BCUT2D eigenvalue weighted by molar-refractivity contribution is 0.424. The highest BCUT2D eigenvalue weighted by molar-refractivity contribution is 6.30. The highest BCUT2D eigenvalue weighted by atomic mass is 35.5. The molecule has 122 valence electrons. The Labute approximate surface area is 149 Å². The van der Waals surface area contributed by atoms with E-state index >= 15 is 0 Å². The largest absolute Gasteiger partial charge is 0.334 e. The Morgan fingerprint density at radius 1 is 0.920 bits per heavy atom. The molecule has 3 heterocycles. The third-order valence-electron chi connectivity index (χ3n) is 3.71. The first-order chi connectivity index (χ1) is 12.3. The van der Waals surface area contributed by atoms with Crippen molar-refractivity contribution in [2.75, 3.05) is 0 Å². The predicted molar refractivity (Wildman–Crippen MR) is 95.0 cm³/mol. The van der Waals surface area contributed by atoms with Gasteiger partial charge >= 0.3 is 0 Å². The second-order valence-corrected chi connectivity index (χ2v) is 5.93. The molecular formula is C19H13ClN4O. The summed E-state index contributed by atoms with van der Waals surface area (Å²) in [6.07, 6.45) is 5.82. The third-order valence-corrected chi connectivity index (χ3v) is 3.96. The Morgan fingerprint density at radius 2 is 1.80 bits per heavy atom. The van der Waals surface area contributed by atoms with E-state index in [9.17, 15) is 0 Å². The monoisotopic (exact) mass is 348 g/mol. The van der Waals surface area contributed by atoms with Crippen LogP contribution < -0.4 is 0 Å². The molecule has 0 spiro atoms. The number of hydrogen-bond acceptors (Lipinski definition) is 5. The van der Waals surface area contributed by atoms with E-state index in [0.717, 1.165) is 22.4 Å². The van der Waals surface area contributed by atoms with Crippen molar-refractivity contribution in [3.63, 3.8) is 0 Å². The summed E-state index contributed by atoms with van der Waals surface area (Å²) in [6.45, 7) is 0. The zero-order chi connectivity index (χ0) is 17.1. The van der Waals surface area contributed by atoms with Gasteiger partial charge in [0.25, 0.3) is 5.89 Å². The molecule has 0 N–H and O–H groups in total. The molecule has 0 saturated carbocycles. The Morgan fingerprint density at radius 3 is 2.52 bits per heavy atom. The average Bonchev–Trinajstić information content (AvgIpc) is 3.13. The first-order valence-corrected chi connectivity index (χ1v) is 8.09. The third kappa shape index (κ3) is 3.56. The smallest absolute Gasteiger partial charge is 0.259 e. The van der Waals surface area contributed by atoms with Crippen LogP contribution in [0.25, 0.3) is 22.7 Å². The van der Waals surface area contributed by atoms with Crippen molar-refractivity contribution in [2.45, 2.75) is 6.42 Å². The summed E-state index contributed by atoms with van der Waals surface area (Å²) in [5.41, 5.74) is 3.66. The van der Waals surface area contributed by atoms with Crippen LogP contribution in [-0.4, -0.2) is 20.1 Å². The Kier molecular flexibility index (Phi) is 4.23. The van der Waals surface area contributed by atoms with Crippen molar-refractivity contribution in [1.29, 1.82) is 0 Å². The van der Waals surface area contributed by atoms with Crippen molar-refractivity contribution in [3.05, 3.63) is 83.5 Å². The Hall–Kier alpha value is -3.05. The van der Waals surface area contributed by atoms with Crippen LogP contribution in [0.4, 0.5) is 0 Å². The summed E-state index contributed by atoms with van der Waals surface area (Å²) in [4.78, 5) is 13.0. The topological polar surface area (TPSA) is 64.7 Å². The molecule has 1 aromatic carbocycles. The maximum atomic E-state index is 5.90. The molecule has 0 unspecified atom stereocenters. The number of rotatable bonds is 4. The quantitative estimate of drug-likeness (QED) is 0.545. The van der Waals surface area contributed by atoms with E-state index in [1.54, 1.807) is 18.6 Å². The Bertz CT molecular complexity index is 967. The summed E-state index contributed by atoms with van der Waals surface area (Å²) in [7, 11) is 0. The molecule has 25 heavy (non-hydrogen) atoms. The molecule has 3 aromatic heterocycles. The standard InChI is InChI=1S/C19H13ClN4O/c20-16-6-3-13(4-7-16)10-18-23-19(25-24-18)15-5-8-17(22-12-15)14-2-1-9-21-11-14/h1-9,11-12H,10H2. The van der Waals surface area contributed by atoms with E-state index < -0.39 is 0 Å². The molecule has 4 aromatic rings. The molecule has 4 rings (SSSR count). The first kappa shape index (κ1) is 15.5. The second-order valence-electron chi connectivity index (χ2n) is 5.49. The van der Waals surface area contributed by atoms with E-state index in [0.29, 0.717) is 23.2 Å². The summed E-state index contributed by atoms with van der Waals surface area (Å²) in [5.74, 6) is 1.07. The number of pyridine rings is 2. The number of aromatic nitrogens is 4. The average molecular weight is 349 g/mol. The van der Waals surface area contributed by atoms with Crippen molar-refractivity contribution in [3.8, 4) is 22.7 Å². The van der Waals surface area contributed by atoms with E-state index in [1.165, 1.54) is 0 Å². The summed E-state index contributed by atoms with van der Waals surface area (Å²) < 4.78 is 5.35. The van der Waals surface area contributed by atoms with Gasteiger partial charge in [0.05, 0.1) is 11.3 Å². The van der Waals surface area contributed by atoms with E-state index in [4.69, 9.17) is 16.1 Å². The highest BCUT2D eigenvalue weighted by Crippen LogP contribution is 2.21. The van der Waals surface area contributed by atoms with Gasteiger partial charge < -0.3 is 4.52 Å². The summed E-state index contributed by atoms with van der Waals surface area (Å²) in [5, 5.41) is 4.74. The first-order valence-electron chi connectivity index (χ1n) is 7.72. The minimum Gasteiger partial charge on any atom is -0.334 e. The summed E-state index contributed by atoms with van der Waals surface area (Å²) in [6, 6.07) is 15.3. The fraction of sp³-hybridized carbons (Fsp3) is 0.0526. The van der Waals surface area contributed by atoms with Crippen molar-refractivity contribution in [1.82, 2.24) is 20.1 Å². The van der Waals surface area contributed by atoms with Gasteiger partial charge in [0.15, 0.2) is 5.82 Å². The van der Waals surface area contributed by atoms with Crippen molar-refractivity contribution >= 4 is 11.6 Å². The maximum absolute atomic E-state index is 5.90. The Balaban J connectivity index is 1.52. The molecule has 0 aliphatic heterocycles. The van der Waals surface area contributed by atoms with Gasteiger partial charge in [-0.15, -0.1) is 0 Å². The van der Waals surface area contributed by atoms with Crippen LogP contribution >= 0.6 is 11.6 Å². The molecule has 0 fully saturated rings. The van der Waals surface area contributed by atoms with Crippen LogP contribution in [0.2, 0.25) is 5.02 Å². The molecule has 6 heteroatoms. The lowest BCUT2D eigenvalue weighted by atomic mass is 10.1. The normalized spacial score (nSPS) is 10.8. The fourth-order valence-corrected chi connectivity index (χ4v) is 2.56. The number of halogens is 1. The predicted octanol–water partition coefficient (Wildman–Crippen LogP) is 4.44. The van der Waals surface area contributed by atoms with Gasteiger partial charge in [0.2, 0.25) is 0 Å². The van der Waals surface area contributed by atoms with Crippen LogP contribution in [0.15, 0.2) is 71.6 Å². The van der Waals surface area contributed by atoms with Crippen LogP contribution in [-0.2, 0) is 6.42 Å². The fourth-order valence-electron chi connectivity index (χ4n) is 2.43. The SMILES string of the molecule is Clc1ccc(Cc2noc(-c3ccc(-c4cccnc4)nc3)n2)cc1. The van der Waals surface area contributed by atoms with E-state index in [-0.39, 0.29) is 0 Å². The highest BCUT2D eigenvalue weighted by Gasteiger charge is 2.10. The summed E-state index contributed by atoms with van der Waals surface area (Å²) >= 11 is 5.90. The zero-order valence-electron chi connectivity index (χ0n) is 13.1. The van der Waals surface area contributed by atoms with Gasteiger partial charge in [-0.25, -0.2) is 0 Å². The maximum Gasteiger partial charge on any atom is 0.259 e. The molecule has 0 amide bonds. The molecule has 0 aliphatic carbocycles. The molecule has 0 saturated heterocycles. The van der Waals surface area contributed by atoms with E-state index in [1.807, 2.05) is 48.5 Å². The number of nitrogens with zero attached hydrogens (tertiary/aromatic N) is 4. The number of benzene rings is 1. The molecule has 0 aliphatic rings. The van der Waals surface area contributed by atoms with Gasteiger partial charge in [-0.05, 0) is 42.0 Å². The molecule has 0 bridgehead atoms. The lowest BCUT2D eigenvalue weighted by Crippen LogP contribution is -1.90. The van der Waals surface area contributed by atoms with Crippen molar-refractivity contribution < 1.29 is 4.52 Å². The minimum atomic E-state index is 0.453. The second kappa shape index (κ2) is 6.83. The molecule has 5 nitrogen and oxygen atoms in total. The van der Waals surface area contributed by atoms with Gasteiger partial charge in [-0.3, -0.25) is 9.97 Å². The minimum absolute atomic E-state index is 0.453. The lowest BCUT2D eigenvalue weighted by Gasteiger charge is -2.00. The molecule has 0 radical (unpaired) electrons.